The summed E-state index contributed by atoms with van der Waals surface area (Å²) in [7, 11) is -4.37. The van der Waals surface area contributed by atoms with E-state index in [1.807, 2.05) is 9.80 Å². The fourth-order valence-corrected chi connectivity index (χ4v) is 6.26. The minimum absolute atomic E-state index is 0.00224. The quantitative estimate of drug-likeness (QED) is 0.692. The maximum Gasteiger partial charge on any atom is 0.404 e. The number of nitrogens with zero attached hydrogens (tertiary/aromatic N) is 3. The predicted octanol–water partition coefficient (Wildman–Crippen LogP) is 2.07. The Kier molecular flexibility index (Phi) is 6.92. The second-order valence-corrected chi connectivity index (χ2v) is 10.2. The summed E-state index contributed by atoms with van der Waals surface area (Å²) in [4.78, 5) is 16.8. The van der Waals surface area contributed by atoms with Crippen molar-refractivity contribution in [2.24, 2.45) is 5.92 Å². The standard InChI is InChI=1S/C18H30F3N3O3S/c19-18(20,21)14-28(26,27)23-9-4-8-22(11-12-23)13-17(25)24-10-3-6-15-5-1-2-7-16(15)24/h15-16H,1-14H2. The van der Waals surface area contributed by atoms with E-state index in [0.29, 0.717) is 24.9 Å². The number of piperidine rings is 1. The van der Waals surface area contributed by atoms with Crippen LogP contribution in [0.5, 0.6) is 0 Å². The first-order valence-corrected chi connectivity index (χ1v) is 11.8. The van der Waals surface area contributed by atoms with Crippen molar-refractivity contribution in [3.05, 3.63) is 0 Å². The van der Waals surface area contributed by atoms with Crippen LogP contribution >= 0.6 is 0 Å². The maximum atomic E-state index is 12.9. The van der Waals surface area contributed by atoms with Crippen molar-refractivity contribution < 1.29 is 26.4 Å². The number of carbonyl (C=O) groups is 1. The molecule has 1 amide bonds. The van der Waals surface area contributed by atoms with Crippen LogP contribution in [0.2, 0.25) is 0 Å². The summed E-state index contributed by atoms with van der Waals surface area (Å²) >= 11 is 0. The summed E-state index contributed by atoms with van der Waals surface area (Å²) in [5, 5.41) is 0. The Morgan fingerprint density at radius 1 is 0.893 bits per heavy atom. The molecule has 0 aromatic rings. The number of likely N-dealkylation sites (tertiary alicyclic amines) is 1. The first-order valence-electron chi connectivity index (χ1n) is 10.2. The minimum Gasteiger partial charge on any atom is -0.338 e. The normalized spacial score (nSPS) is 28.6. The number of sulfonamides is 1. The van der Waals surface area contributed by atoms with Crippen LogP contribution in [0.3, 0.4) is 0 Å². The molecule has 1 saturated carbocycles. The van der Waals surface area contributed by atoms with Gasteiger partial charge in [0.25, 0.3) is 0 Å². The Balaban J connectivity index is 1.55. The first kappa shape index (κ1) is 21.8. The monoisotopic (exact) mass is 425 g/mol. The number of hydrogen-bond acceptors (Lipinski definition) is 4. The molecule has 0 bridgehead atoms. The smallest absolute Gasteiger partial charge is 0.338 e. The summed E-state index contributed by atoms with van der Waals surface area (Å²) in [5.41, 5.74) is 0. The largest absolute Gasteiger partial charge is 0.404 e. The molecular weight excluding hydrogens is 395 g/mol. The molecule has 10 heteroatoms. The number of amides is 1. The van der Waals surface area contributed by atoms with Gasteiger partial charge < -0.3 is 4.90 Å². The Labute approximate surface area is 165 Å². The summed E-state index contributed by atoms with van der Waals surface area (Å²) in [6, 6.07) is 0.325. The lowest BCUT2D eigenvalue weighted by molar-refractivity contribution is -0.138. The van der Waals surface area contributed by atoms with E-state index in [1.54, 1.807) is 0 Å². The summed E-state index contributed by atoms with van der Waals surface area (Å²) < 4.78 is 62.5. The van der Waals surface area contributed by atoms with Gasteiger partial charge in [-0.3, -0.25) is 9.69 Å². The Morgan fingerprint density at radius 2 is 1.61 bits per heavy atom. The van der Waals surface area contributed by atoms with Crippen LogP contribution in [-0.2, 0) is 14.8 Å². The van der Waals surface area contributed by atoms with Crippen molar-refractivity contribution in [3.8, 4) is 0 Å². The van der Waals surface area contributed by atoms with Crippen LogP contribution < -0.4 is 0 Å². The second kappa shape index (κ2) is 8.87. The highest BCUT2D eigenvalue weighted by atomic mass is 32.2. The van der Waals surface area contributed by atoms with Crippen molar-refractivity contribution in [1.29, 1.82) is 0 Å². The Hall–Kier alpha value is -0.870. The molecule has 3 aliphatic rings. The van der Waals surface area contributed by atoms with Crippen LogP contribution in [-0.4, -0.2) is 85.7 Å². The van der Waals surface area contributed by atoms with E-state index in [4.69, 9.17) is 0 Å². The zero-order valence-corrected chi connectivity index (χ0v) is 17.0. The molecular formula is C18H30F3N3O3S. The number of carbonyl (C=O) groups excluding carboxylic acids is 1. The van der Waals surface area contributed by atoms with Crippen LogP contribution in [0.4, 0.5) is 13.2 Å². The molecule has 162 valence electrons. The van der Waals surface area contributed by atoms with Gasteiger partial charge >= 0.3 is 6.18 Å². The van der Waals surface area contributed by atoms with Gasteiger partial charge in [-0.15, -0.1) is 0 Å². The third-order valence-electron chi connectivity index (χ3n) is 6.21. The fourth-order valence-electron chi connectivity index (χ4n) is 4.90. The molecule has 0 aromatic heterocycles. The number of alkyl halides is 3. The average molecular weight is 426 g/mol. The second-order valence-electron chi connectivity index (χ2n) is 8.24. The number of fused-ring (bicyclic) bond motifs is 1. The molecule has 0 N–H and O–H groups in total. The van der Waals surface area contributed by atoms with E-state index in [2.05, 4.69) is 0 Å². The molecule has 2 unspecified atom stereocenters. The van der Waals surface area contributed by atoms with E-state index in [1.165, 1.54) is 19.3 Å². The van der Waals surface area contributed by atoms with Crippen molar-refractivity contribution in [2.75, 3.05) is 45.0 Å². The van der Waals surface area contributed by atoms with Crippen LogP contribution in [0.25, 0.3) is 0 Å². The summed E-state index contributed by atoms with van der Waals surface area (Å²) in [6.45, 7) is 1.86. The molecule has 2 heterocycles. The highest BCUT2D eigenvalue weighted by molar-refractivity contribution is 7.89. The van der Waals surface area contributed by atoms with Crippen LogP contribution in [0, 0.1) is 5.92 Å². The highest BCUT2D eigenvalue weighted by Gasteiger charge is 2.39. The van der Waals surface area contributed by atoms with Crippen molar-refractivity contribution >= 4 is 15.9 Å². The molecule has 1 aliphatic carbocycles. The molecule has 0 radical (unpaired) electrons. The lowest BCUT2D eigenvalue weighted by Gasteiger charge is -2.44. The van der Waals surface area contributed by atoms with E-state index >= 15 is 0 Å². The van der Waals surface area contributed by atoms with E-state index in [9.17, 15) is 26.4 Å². The molecule has 6 nitrogen and oxygen atoms in total. The topological polar surface area (TPSA) is 60.9 Å². The van der Waals surface area contributed by atoms with Gasteiger partial charge in [-0.05, 0) is 44.6 Å². The number of rotatable bonds is 4. The van der Waals surface area contributed by atoms with Gasteiger partial charge in [0.1, 0.15) is 0 Å². The van der Waals surface area contributed by atoms with Gasteiger partial charge in [-0.25, -0.2) is 12.7 Å². The minimum atomic E-state index is -4.74. The highest BCUT2D eigenvalue weighted by Crippen LogP contribution is 2.35. The molecule has 3 rings (SSSR count). The Bertz CT molecular complexity index is 654. The van der Waals surface area contributed by atoms with E-state index in [0.717, 1.165) is 30.1 Å². The summed E-state index contributed by atoms with van der Waals surface area (Å²) in [5.74, 6) is -1.16. The van der Waals surface area contributed by atoms with E-state index in [-0.39, 0.29) is 32.1 Å². The molecule has 28 heavy (non-hydrogen) atoms. The molecule has 2 saturated heterocycles. The van der Waals surface area contributed by atoms with Crippen LogP contribution in [0.15, 0.2) is 0 Å². The van der Waals surface area contributed by atoms with Gasteiger partial charge in [0.2, 0.25) is 15.9 Å². The maximum absolute atomic E-state index is 12.9. The van der Waals surface area contributed by atoms with Gasteiger partial charge in [0.15, 0.2) is 5.75 Å². The van der Waals surface area contributed by atoms with Gasteiger partial charge in [0, 0.05) is 32.2 Å². The number of hydrogen-bond donors (Lipinski definition) is 0. The first-order chi connectivity index (χ1) is 13.2. The lowest BCUT2D eigenvalue weighted by atomic mass is 9.78. The Morgan fingerprint density at radius 3 is 2.36 bits per heavy atom. The van der Waals surface area contributed by atoms with Crippen molar-refractivity contribution in [1.82, 2.24) is 14.1 Å². The molecule has 3 fully saturated rings. The van der Waals surface area contributed by atoms with Crippen molar-refractivity contribution in [3.63, 3.8) is 0 Å². The predicted molar refractivity (Wildman–Crippen MR) is 99.2 cm³/mol. The molecule has 2 aliphatic heterocycles. The van der Waals surface area contributed by atoms with Crippen molar-refractivity contribution in [2.45, 2.75) is 57.2 Å². The summed E-state index contributed by atoms with van der Waals surface area (Å²) in [6.07, 6.45) is 2.52. The average Bonchev–Trinajstić information content (AvgIpc) is 2.85. The van der Waals surface area contributed by atoms with Gasteiger partial charge in [0.05, 0.1) is 6.54 Å². The van der Waals surface area contributed by atoms with E-state index < -0.39 is 22.0 Å². The van der Waals surface area contributed by atoms with Gasteiger partial charge in [-0.1, -0.05) is 12.8 Å². The third-order valence-corrected chi connectivity index (χ3v) is 8.05. The molecule has 2 atom stereocenters. The SMILES string of the molecule is O=C(CN1CCCN(S(=O)(=O)CC(F)(F)F)CC1)N1CCCC2CCCCC21. The fraction of sp³-hybridized carbons (Fsp3) is 0.944. The lowest BCUT2D eigenvalue weighted by Crippen LogP contribution is -2.52. The third kappa shape index (κ3) is 5.60. The molecule has 0 aromatic carbocycles. The van der Waals surface area contributed by atoms with Gasteiger partial charge in [-0.2, -0.15) is 13.2 Å². The zero-order chi connectivity index (χ0) is 20.4. The zero-order valence-electron chi connectivity index (χ0n) is 16.2. The number of halogens is 3. The molecule has 0 spiro atoms. The van der Waals surface area contributed by atoms with Crippen LogP contribution in [0.1, 0.15) is 44.9 Å².